The number of thioether (sulfide) groups is 1. The van der Waals surface area contributed by atoms with Crippen LogP contribution in [-0.4, -0.2) is 57.8 Å². The first-order chi connectivity index (χ1) is 13.3. The lowest BCUT2D eigenvalue weighted by Gasteiger charge is -2.29. The number of aromatic nitrogens is 2. The van der Waals surface area contributed by atoms with Crippen molar-refractivity contribution >= 4 is 17.7 Å². The van der Waals surface area contributed by atoms with Crippen LogP contribution in [-0.2, 0) is 19.4 Å². The van der Waals surface area contributed by atoms with Gasteiger partial charge in [0.15, 0.2) is 5.69 Å². The zero-order valence-corrected chi connectivity index (χ0v) is 17.5. The molecule has 1 N–H and O–H groups in total. The second kappa shape index (κ2) is 8.99. The molecule has 0 radical (unpaired) electrons. The Morgan fingerprint density at radius 1 is 1.19 bits per heavy atom. The Bertz CT molecular complexity index is 647. The van der Waals surface area contributed by atoms with Gasteiger partial charge in [-0.2, -0.15) is 16.9 Å². The molecule has 1 aromatic rings. The van der Waals surface area contributed by atoms with Crippen molar-refractivity contribution in [2.75, 3.05) is 31.1 Å². The van der Waals surface area contributed by atoms with Crippen molar-refractivity contribution in [1.29, 1.82) is 0 Å². The van der Waals surface area contributed by atoms with Gasteiger partial charge in [0.1, 0.15) is 0 Å². The molecule has 6 heteroatoms. The van der Waals surface area contributed by atoms with Gasteiger partial charge in [-0.05, 0) is 51.5 Å². The van der Waals surface area contributed by atoms with Crippen LogP contribution in [0, 0.1) is 5.92 Å². The highest BCUT2D eigenvalue weighted by molar-refractivity contribution is 7.99. The molecule has 2 aliphatic carbocycles. The summed E-state index contributed by atoms with van der Waals surface area (Å²) in [7, 11) is 0. The maximum Gasteiger partial charge on any atom is 0.274 e. The predicted octanol–water partition coefficient (Wildman–Crippen LogP) is 3.12. The summed E-state index contributed by atoms with van der Waals surface area (Å²) in [5.74, 6) is 3.11. The van der Waals surface area contributed by atoms with E-state index in [9.17, 15) is 4.79 Å². The quantitative estimate of drug-likeness (QED) is 0.839. The average Bonchev–Trinajstić information content (AvgIpc) is 3.11. The van der Waals surface area contributed by atoms with Crippen molar-refractivity contribution < 1.29 is 4.79 Å². The number of hydrogen-bond donors (Lipinski definition) is 1. The molecule has 3 aliphatic rings. The summed E-state index contributed by atoms with van der Waals surface area (Å²) in [5, 5.41) is 8.60. The minimum atomic E-state index is 0.159. The van der Waals surface area contributed by atoms with Crippen LogP contribution in [0.25, 0.3) is 0 Å². The molecule has 1 amide bonds. The largest absolute Gasteiger partial charge is 0.336 e. The molecule has 1 saturated heterocycles. The Morgan fingerprint density at radius 2 is 1.96 bits per heavy atom. The minimum absolute atomic E-state index is 0.159. The number of aryl methyl sites for hydroxylation is 1. The molecule has 2 fully saturated rings. The highest BCUT2D eigenvalue weighted by Crippen LogP contribution is 2.28. The molecule has 1 unspecified atom stereocenters. The number of amides is 1. The van der Waals surface area contributed by atoms with Crippen LogP contribution in [0.2, 0.25) is 0 Å². The molecule has 0 aromatic carbocycles. The normalized spacial score (nSPS) is 24.0. The van der Waals surface area contributed by atoms with Crippen LogP contribution in [0.4, 0.5) is 0 Å². The van der Waals surface area contributed by atoms with Gasteiger partial charge in [-0.15, -0.1) is 0 Å². The van der Waals surface area contributed by atoms with E-state index in [0.29, 0.717) is 6.04 Å². The third kappa shape index (κ3) is 4.37. The first kappa shape index (κ1) is 19.3. The monoisotopic (exact) mass is 390 g/mol. The average molecular weight is 391 g/mol. The van der Waals surface area contributed by atoms with Gasteiger partial charge in [0, 0.05) is 48.4 Å². The fourth-order valence-corrected chi connectivity index (χ4v) is 5.84. The maximum atomic E-state index is 13.1. The van der Waals surface area contributed by atoms with E-state index in [1.807, 2.05) is 16.7 Å². The number of hydrogen-bond acceptors (Lipinski definition) is 4. The SMILES string of the molecule is CCn1nc(C(=O)N2CCSCC2)c2c1CCC(NCC1CCCCC1)C2. The molecule has 1 atom stereocenters. The van der Waals surface area contributed by atoms with Crippen LogP contribution in [0.3, 0.4) is 0 Å². The van der Waals surface area contributed by atoms with E-state index < -0.39 is 0 Å². The number of rotatable bonds is 5. The van der Waals surface area contributed by atoms with Gasteiger partial charge in [0.2, 0.25) is 0 Å². The first-order valence-corrected chi connectivity index (χ1v) is 12.1. The fourth-order valence-electron chi connectivity index (χ4n) is 4.94. The summed E-state index contributed by atoms with van der Waals surface area (Å²) < 4.78 is 2.08. The molecule has 0 spiro atoms. The highest BCUT2D eigenvalue weighted by atomic mass is 32.2. The molecule has 0 bridgehead atoms. The van der Waals surface area contributed by atoms with Crippen molar-refractivity contribution in [2.24, 2.45) is 5.92 Å². The fraction of sp³-hybridized carbons (Fsp3) is 0.810. The Balaban J connectivity index is 1.45. The zero-order chi connectivity index (χ0) is 18.6. The molecule has 2 heterocycles. The predicted molar refractivity (Wildman–Crippen MR) is 112 cm³/mol. The van der Waals surface area contributed by atoms with E-state index in [4.69, 9.17) is 5.10 Å². The number of nitrogens with one attached hydrogen (secondary N) is 1. The van der Waals surface area contributed by atoms with E-state index in [1.165, 1.54) is 49.8 Å². The standard InChI is InChI=1S/C21H34N4OS/c1-2-25-19-9-8-17(22-15-16-6-4-3-5-7-16)14-18(19)20(23-25)21(26)24-10-12-27-13-11-24/h16-17,22H,2-15H2,1H3. The molecule has 1 aliphatic heterocycles. The second-order valence-corrected chi connectivity index (χ2v) is 9.57. The lowest BCUT2D eigenvalue weighted by atomic mass is 9.87. The Kier molecular flexibility index (Phi) is 6.43. The maximum absolute atomic E-state index is 13.1. The summed E-state index contributed by atoms with van der Waals surface area (Å²) in [6.45, 7) is 5.86. The molecule has 5 nitrogen and oxygen atoms in total. The van der Waals surface area contributed by atoms with Crippen molar-refractivity contribution in [1.82, 2.24) is 20.0 Å². The van der Waals surface area contributed by atoms with E-state index in [2.05, 4.69) is 16.9 Å². The summed E-state index contributed by atoms with van der Waals surface area (Å²) in [4.78, 5) is 15.1. The third-order valence-corrected chi connectivity index (χ3v) is 7.51. The first-order valence-electron chi connectivity index (χ1n) is 10.9. The molecule has 4 rings (SSSR count). The highest BCUT2D eigenvalue weighted by Gasteiger charge is 2.31. The summed E-state index contributed by atoms with van der Waals surface area (Å²) in [6, 6.07) is 0.498. The van der Waals surface area contributed by atoms with Gasteiger partial charge in [-0.1, -0.05) is 19.3 Å². The number of carbonyl (C=O) groups excluding carboxylic acids is 1. The summed E-state index contributed by atoms with van der Waals surface area (Å²) in [6.07, 6.45) is 10.2. The van der Waals surface area contributed by atoms with Gasteiger partial charge in [0.25, 0.3) is 5.91 Å². The van der Waals surface area contributed by atoms with Gasteiger partial charge in [-0.3, -0.25) is 9.48 Å². The zero-order valence-electron chi connectivity index (χ0n) is 16.7. The molecule has 150 valence electrons. The van der Waals surface area contributed by atoms with Crippen LogP contribution >= 0.6 is 11.8 Å². The summed E-state index contributed by atoms with van der Waals surface area (Å²) in [5.41, 5.74) is 3.28. The van der Waals surface area contributed by atoms with E-state index in [-0.39, 0.29) is 5.91 Å². The molecule has 27 heavy (non-hydrogen) atoms. The van der Waals surface area contributed by atoms with Gasteiger partial charge in [0.05, 0.1) is 0 Å². The molecule has 1 saturated carbocycles. The summed E-state index contributed by atoms with van der Waals surface area (Å²) >= 11 is 1.94. The number of nitrogens with zero attached hydrogens (tertiary/aromatic N) is 3. The minimum Gasteiger partial charge on any atom is -0.336 e. The lowest BCUT2D eigenvalue weighted by Crippen LogP contribution is -2.40. The Morgan fingerprint density at radius 3 is 2.70 bits per heavy atom. The van der Waals surface area contributed by atoms with Crippen molar-refractivity contribution in [3.8, 4) is 0 Å². The van der Waals surface area contributed by atoms with E-state index in [1.54, 1.807) is 0 Å². The third-order valence-electron chi connectivity index (χ3n) is 6.57. The van der Waals surface area contributed by atoms with E-state index >= 15 is 0 Å². The van der Waals surface area contributed by atoms with Gasteiger partial charge >= 0.3 is 0 Å². The number of carbonyl (C=O) groups is 1. The van der Waals surface area contributed by atoms with Crippen LogP contribution in [0.15, 0.2) is 0 Å². The molecular weight excluding hydrogens is 356 g/mol. The van der Waals surface area contributed by atoms with Crippen LogP contribution in [0.5, 0.6) is 0 Å². The van der Waals surface area contributed by atoms with Crippen LogP contribution < -0.4 is 5.32 Å². The topological polar surface area (TPSA) is 50.2 Å². The molecular formula is C21H34N4OS. The van der Waals surface area contributed by atoms with Gasteiger partial charge < -0.3 is 10.2 Å². The number of fused-ring (bicyclic) bond motifs is 1. The van der Waals surface area contributed by atoms with Crippen molar-refractivity contribution in [3.05, 3.63) is 17.0 Å². The molecule has 1 aromatic heterocycles. The Hall–Kier alpha value is -1.01. The Labute approximate surface area is 167 Å². The second-order valence-electron chi connectivity index (χ2n) is 8.35. The van der Waals surface area contributed by atoms with Crippen molar-refractivity contribution in [2.45, 2.75) is 70.9 Å². The van der Waals surface area contributed by atoms with Gasteiger partial charge in [-0.25, -0.2) is 0 Å². The smallest absolute Gasteiger partial charge is 0.274 e. The van der Waals surface area contributed by atoms with Crippen molar-refractivity contribution in [3.63, 3.8) is 0 Å². The van der Waals surface area contributed by atoms with Crippen LogP contribution in [0.1, 0.15) is 67.2 Å². The van der Waals surface area contributed by atoms with E-state index in [0.717, 1.165) is 62.1 Å². The lowest BCUT2D eigenvalue weighted by molar-refractivity contribution is 0.0764.